The molecule has 10 heteroatoms. The zero-order chi connectivity index (χ0) is 29.1. The Hall–Kier alpha value is -4.28. The number of esters is 1. The number of ether oxygens (including phenoxy) is 2. The van der Waals surface area contributed by atoms with Crippen LogP contribution < -0.4 is 19.6 Å². The third-order valence-electron chi connectivity index (χ3n) is 6.61. The van der Waals surface area contributed by atoms with Crippen LogP contribution in [0, 0.1) is 0 Å². The molecule has 0 amide bonds. The van der Waals surface area contributed by atoms with E-state index in [1.165, 1.54) is 30.6 Å². The third-order valence-corrected chi connectivity index (χ3v) is 8.22. The molecule has 2 heterocycles. The highest BCUT2D eigenvalue weighted by Gasteiger charge is 2.33. The molecule has 0 spiro atoms. The lowest BCUT2D eigenvalue weighted by atomic mass is 9.95. The minimum absolute atomic E-state index is 0.215. The van der Waals surface area contributed by atoms with Crippen molar-refractivity contribution in [1.29, 1.82) is 0 Å². The van der Waals surface area contributed by atoms with E-state index in [-0.39, 0.29) is 17.7 Å². The molecule has 208 valence electrons. The lowest BCUT2D eigenvalue weighted by Gasteiger charge is -2.25. The number of halogens is 1. The Labute approximate surface area is 247 Å². The molecule has 4 aromatic rings. The Morgan fingerprint density at radius 2 is 1.83 bits per heavy atom. The van der Waals surface area contributed by atoms with Crippen LogP contribution in [0.5, 0.6) is 5.75 Å². The maximum absolute atomic E-state index is 13.8. The van der Waals surface area contributed by atoms with Gasteiger partial charge in [0.25, 0.3) is 5.56 Å². The number of rotatable bonds is 8. The number of benzene rings is 3. The van der Waals surface area contributed by atoms with Gasteiger partial charge in [0.15, 0.2) is 4.80 Å². The Bertz CT molecular complexity index is 1840. The van der Waals surface area contributed by atoms with Crippen molar-refractivity contribution in [3.8, 4) is 5.75 Å². The smallest absolute Gasteiger partial charge is 0.338 e. The number of fused-ring (bicyclic) bond motifs is 1. The van der Waals surface area contributed by atoms with Crippen molar-refractivity contribution >= 4 is 45.3 Å². The molecule has 1 atom stereocenters. The normalized spacial score (nSPS) is 14.8. The van der Waals surface area contributed by atoms with Gasteiger partial charge in [0.05, 0.1) is 39.0 Å². The average Bonchev–Trinajstić information content (AvgIpc) is 3.30. The number of allylic oxidation sites excluding steroid dienone is 1. The Morgan fingerprint density at radius 3 is 2.46 bits per heavy atom. The number of hydrogen-bond acceptors (Lipinski definition) is 7. The molecule has 1 aliphatic heterocycles. The van der Waals surface area contributed by atoms with Crippen molar-refractivity contribution in [3.63, 3.8) is 0 Å². The maximum Gasteiger partial charge on any atom is 0.338 e. The molecule has 5 rings (SSSR count). The summed E-state index contributed by atoms with van der Waals surface area (Å²) in [7, 11) is 1.33. The maximum atomic E-state index is 13.8. The first-order valence-electron chi connectivity index (χ1n) is 12.7. The third kappa shape index (κ3) is 5.79. The quantitative estimate of drug-likeness (QED) is 0.279. The van der Waals surface area contributed by atoms with Gasteiger partial charge in [-0.2, -0.15) is 0 Å². The molecule has 0 aliphatic carbocycles. The monoisotopic (exact) mass is 632 g/mol. The van der Waals surface area contributed by atoms with Gasteiger partial charge in [0.2, 0.25) is 0 Å². The van der Waals surface area contributed by atoms with Crippen LogP contribution in [-0.4, -0.2) is 28.7 Å². The number of hydrogen-bond donors (Lipinski definition) is 1. The van der Waals surface area contributed by atoms with Crippen molar-refractivity contribution in [1.82, 2.24) is 4.57 Å². The molecule has 1 aliphatic rings. The standard InChI is InChI=1S/C31H25BrN2O6S/c1-3-23-26(30(38)39-2)27(20-7-5-4-6-8-20)34-28(35)25(41-31(34)33-23)16-19-11-14-24(22(32)15-19)40-17-18-9-12-21(13-10-18)29(36)37/h4-16,27H,3,17H2,1-2H3,(H,36,37)/b25-16-/t27-/m0/s1. The first-order valence-corrected chi connectivity index (χ1v) is 14.3. The van der Waals surface area contributed by atoms with Gasteiger partial charge in [0, 0.05) is 0 Å². The average molecular weight is 634 g/mol. The van der Waals surface area contributed by atoms with Crippen molar-refractivity contribution in [2.45, 2.75) is 26.0 Å². The minimum Gasteiger partial charge on any atom is -0.488 e. The molecule has 1 N–H and O–H groups in total. The van der Waals surface area contributed by atoms with Gasteiger partial charge in [-0.1, -0.05) is 66.8 Å². The zero-order valence-corrected chi connectivity index (χ0v) is 24.6. The summed E-state index contributed by atoms with van der Waals surface area (Å²) in [5.74, 6) is -0.884. The summed E-state index contributed by atoms with van der Waals surface area (Å²) in [6.45, 7) is 2.18. The first-order chi connectivity index (χ1) is 19.8. The fraction of sp³-hybridized carbons (Fsp3) is 0.161. The van der Waals surface area contributed by atoms with E-state index < -0.39 is 18.0 Å². The number of thiazole rings is 1. The van der Waals surface area contributed by atoms with Gasteiger partial charge in [-0.15, -0.1) is 0 Å². The number of methoxy groups -OCH3 is 1. The fourth-order valence-corrected chi connectivity index (χ4v) is 6.13. The summed E-state index contributed by atoms with van der Waals surface area (Å²) in [5, 5.41) is 9.06. The summed E-state index contributed by atoms with van der Waals surface area (Å²) in [5.41, 5.74) is 3.33. The van der Waals surface area contributed by atoms with E-state index in [1.54, 1.807) is 28.8 Å². The number of carbonyl (C=O) groups excluding carboxylic acids is 1. The molecular formula is C31H25BrN2O6S. The van der Waals surface area contributed by atoms with Crippen LogP contribution in [0.1, 0.15) is 46.4 Å². The largest absolute Gasteiger partial charge is 0.488 e. The second kappa shape index (κ2) is 12.1. The number of aromatic carboxylic acids is 1. The van der Waals surface area contributed by atoms with Crippen molar-refractivity contribution in [2.24, 2.45) is 4.99 Å². The molecule has 0 saturated carbocycles. The van der Waals surface area contributed by atoms with Crippen LogP contribution in [0.3, 0.4) is 0 Å². The number of aromatic nitrogens is 1. The van der Waals surface area contributed by atoms with E-state index in [2.05, 4.69) is 15.9 Å². The highest BCUT2D eigenvalue weighted by Crippen LogP contribution is 2.32. The predicted octanol–water partition coefficient (Wildman–Crippen LogP) is 4.84. The predicted molar refractivity (Wildman–Crippen MR) is 159 cm³/mol. The molecule has 1 aromatic heterocycles. The van der Waals surface area contributed by atoms with Gasteiger partial charge in [-0.25, -0.2) is 14.6 Å². The van der Waals surface area contributed by atoms with Gasteiger partial charge >= 0.3 is 11.9 Å². The van der Waals surface area contributed by atoms with Crippen molar-refractivity contribution < 1.29 is 24.2 Å². The number of carboxylic acids is 1. The van der Waals surface area contributed by atoms with Crippen LogP contribution in [-0.2, 0) is 16.1 Å². The van der Waals surface area contributed by atoms with E-state index >= 15 is 0 Å². The topological polar surface area (TPSA) is 107 Å². The molecule has 8 nitrogen and oxygen atoms in total. The molecule has 0 fully saturated rings. The number of carbonyl (C=O) groups is 2. The second-order valence-electron chi connectivity index (χ2n) is 9.18. The van der Waals surface area contributed by atoms with E-state index in [0.717, 1.165) is 16.7 Å². The second-order valence-corrected chi connectivity index (χ2v) is 11.0. The SMILES string of the molecule is CCC1=C(C(=O)OC)[C@H](c2ccccc2)n2c(s/c(=C\c3ccc(OCc4ccc(C(=O)O)cc4)c(Br)c3)c2=O)=N1. The van der Waals surface area contributed by atoms with Crippen LogP contribution in [0.4, 0.5) is 0 Å². The highest BCUT2D eigenvalue weighted by atomic mass is 79.9. The molecular weight excluding hydrogens is 608 g/mol. The van der Waals surface area contributed by atoms with E-state index in [9.17, 15) is 14.4 Å². The summed E-state index contributed by atoms with van der Waals surface area (Å²) in [4.78, 5) is 42.9. The highest BCUT2D eigenvalue weighted by molar-refractivity contribution is 9.10. The lowest BCUT2D eigenvalue weighted by molar-refractivity contribution is -0.136. The van der Waals surface area contributed by atoms with Gasteiger partial charge in [-0.05, 0) is 69.4 Å². The zero-order valence-electron chi connectivity index (χ0n) is 22.2. The van der Waals surface area contributed by atoms with Crippen LogP contribution in [0.25, 0.3) is 6.08 Å². The number of nitrogens with zero attached hydrogens (tertiary/aromatic N) is 2. The summed E-state index contributed by atoms with van der Waals surface area (Å²) < 4.78 is 13.8. The molecule has 41 heavy (non-hydrogen) atoms. The minimum atomic E-state index is -0.978. The Morgan fingerprint density at radius 1 is 1.10 bits per heavy atom. The molecule has 0 bridgehead atoms. The van der Waals surface area contributed by atoms with Crippen LogP contribution in [0.15, 0.2) is 98.3 Å². The summed E-state index contributed by atoms with van der Waals surface area (Å²) >= 11 is 4.82. The van der Waals surface area contributed by atoms with Crippen molar-refractivity contribution in [2.75, 3.05) is 7.11 Å². The fourth-order valence-electron chi connectivity index (χ4n) is 4.59. The Balaban J connectivity index is 1.48. The summed E-state index contributed by atoms with van der Waals surface area (Å²) in [6, 6.07) is 20.8. The van der Waals surface area contributed by atoms with E-state index in [1.807, 2.05) is 49.4 Å². The Kier molecular flexibility index (Phi) is 8.32. The van der Waals surface area contributed by atoms with Gasteiger partial charge in [0.1, 0.15) is 12.4 Å². The summed E-state index contributed by atoms with van der Waals surface area (Å²) in [6.07, 6.45) is 2.30. The molecule has 3 aromatic carbocycles. The van der Waals surface area contributed by atoms with E-state index in [4.69, 9.17) is 19.6 Å². The lowest BCUT2D eigenvalue weighted by Crippen LogP contribution is -2.40. The van der Waals surface area contributed by atoms with Crippen LogP contribution in [0.2, 0.25) is 0 Å². The molecule has 0 unspecified atom stereocenters. The first kappa shape index (κ1) is 28.3. The van der Waals surface area contributed by atoms with Crippen molar-refractivity contribution in [3.05, 3.63) is 130 Å². The molecule has 0 saturated heterocycles. The molecule has 0 radical (unpaired) electrons. The van der Waals surface area contributed by atoms with Gasteiger partial charge < -0.3 is 14.6 Å². The van der Waals surface area contributed by atoms with Crippen LogP contribution >= 0.6 is 27.3 Å². The van der Waals surface area contributed by atoms with Gasteiger partial charge in [-0.3, -0.25) is 9.36 Å². The van der Waals surface area contributed by atoms with E-state index in [0.29, 0.717) is 37.2 Å². The number of carboxylic acid groups (broad SMARTS) is 1.